The van der Waals surface area contributed by atoms with Crippen molar-refractivity contribution in [1.29, 1.82) is 0 Å². The predicted octanol–water partition coefficient (Wildman–Crippen LogP) is 2.85. The molecule has 2 rings (SSSR count). The summed E-state index contributed by atoms with van der Waals surface area (Å²) in [6, 6.07) is 8.72. The Morgan fingerprint density at radius 2 is 2.00 bits per heavy atom. The fourth-order valence-electron chi connectivity index (χ4n) is 2.51. The summed E-state index contributed by atoms with van der Waals surface area (Å²) in [6.45, 7) is 3.68. The molecule has 0 radical (unpaired) electrons. The third-order valence-electron chi connectivity index (χ3n) is 3.78. The van der Waals surface area contributed by atoms with Crippen LogP contribution in [-0.4, -0.2) is 48.6 Å². The molecule has 0 aromatic heterocycles. The van der Waals surface area contributed by atoms with Crippen molar-refractivity contribution >= 4 is 17.7 Å². The maximum Gasteiger partial charge on any atom is 0.222 e. The first-order valence-electron chi connectivity index (χ1n) is 7.28. The highest BCUT2D eigenvalue weighted by Gasteiger charge is 2.17. The van der Waals surface area contributed by atoms with Crippen molar-refractivity contribution in [3.8, 4) is 0 Å². The summed E-state index contributed by atoms with van der Waals surface area (Å²) in [5.74, 6) is 0.328. The van der Waals surface area contributed by atoms with E-state index < -0.39 is 0 Å². The molecule has 0 aliphatic carbocycles. The van der Waals surface area contributed by atoms with Gasteiger partial charge in [-0.15, -0.1) is 11.8 Å². The number of hydrogen-bond donors (Lipinski definition) is 0. The van der Waals surface area contributed by atoms with Crippen LogP contribution in [0.4, 0.5) is 0 Å². The summed E-state index contributed by atoms with van der Waals surface area (Å²) in [5, 5.41) is 0. The molecule has 0 N–H and O–H groups in total. The topological polar surface area (TPSA) is 23.6 Å². The van der Waals surface area contributed by atoms with Gasteiger partial charge in [0.25, 0.3) is 0 Å². The van der Waals surface area contributed by atoms with Gasteiger partial charge in [-0.1, -0.05) is 12.1 Å². The smallest absolute Gasteiger partial charge is 0.222 e. The summed E-state index contributed by atoms with van der Waals surface area (Å²) < 4.78 is 0. The second-order valence-electron chi connectivity index (χ2n) is 5.42. The van der Waals surface area contributed by atoms with Gasteiger partial charge in [0.2, 0.25) is 5.91 Å². The van der Waals surface area contributed by atoms with Crippen LogP contribution in [0, 0.1) is 0 Å². The predicted molar refractivity (Wildman–Crippen MR) is 85.0 cm³/mol. The molecule has 1 aliphatic heterocycles. The third-order valence-corrected chi connectivity index (χ3v) is 4.53. The van der Waals surface area contributed by atoms with Gasteiger partial charge in [0.05, 0.1) is 0 Å². The number of carbonyl (C=O) groups is 1. The first kappa shape index (κ1) is 15.4. The zero-order valence-corrected chi connectivity index (χ0v) is 13.3. The molecule has 1 aromatic rings. The number of piperidine rings is 1. The molecule has 110 valence electrons. The molecule has 0 bridgehead atoms. The van der Waals surface area contributed by atoms with E-state index in [2.05, 4.69) is 42.5 Å². The van der Waals surface area contributed by atoms with Gasteiger partial charge >= 0.3 is 0 Å². The molecule has 1 aliphatic rings. The fraction of sp³-hybridized carbons (Fsp3) is 0.562. The summed E-state index contributed by atoms with van der Waals surface area (Å²) >= 11 is 1.77. The Kier molecular flexibility index (Phi) is 5.92. The molecule has 1 fully saturated rings. The molecule has 0 unspecified atom stereocenters. The van der Waals surface area contributed by atoms with Crippen LogP contribution < -0.4 is 0 Å². The Hall–Kier alpha value is -1.00. The molecule has 1 heterocycles. The van der Waals surface area contributed by atoms with Gasteiger partial charge in [-0.25, -0.2) is 0 Å². The van der Waals surface area contributed by atoms with Gasteiger partial charge in [-0.2, -0.15) is 0 Å². The van der Waals surface area contributed by atoms with E-state index in [0.29, 0.717) is 5.91 Å². The standard InChI is InChI=1S/C16H24N2OS/c1-17(11-12-18-10-4-3-5-16(18)19)13-14-6-8-15(20-2)9-7-14/h6-9H,3-5,10-13H2,1-2H3. The molecule has 4 heteroatoms. The van der Waals surface area contributed by atoms with E-state index in [1.807, 2.05) is 4.90 Å². The van der Waals surface area contributed by atoms with Crippen LogP contribution in [0.3, 0.4) is 0 Å². The Bertz CT molecular complexity index is 433. The molecule has 0 spiro atoms. The average Bonchev–Trinajstić information content (AvgIpc) is 2.47. The highest BCUT2D eigenvalue weighted by molar-refractivity contribution is 7.98. The summed E-state index contributed by atoms with van der Waals surface area (Å²) in [6.07, 6.45) is 5.05. The van der Waals surface area contributed by atoms with E-state index in [9.17, 15) is 4.79 Å². The highest BCUT2D eigenvalue weighted by atomic mass is 32.2. The largest absolute Gasteiger partial charge is 0.341 e. The maximum absolute atomic E-state index is 11.7. The molecular weight excluding hydrogens is 268 g/mol. The minimum Gasteiger partial charge on any atom is -0.341 e. The van der Waals surface area contributed by atoms with Crippen molar-refractivity contribution in [2.24, 2.45) is 0 Å². The summed E-state index contributed by atoms with van der Waals surface area (Å²) in [4.78, 5) is 17.3. The summed E-state index contributed by atoms with van der Waals surface area (Å²) in [7, 11) is 2.12. The van der Waals surface area contributed by atoms with Gasteiger partial charge < -0.3 is 9.80 Å². The number of likely N-dealkylation sites (N-methyl/N-ethyl adjacent to an activating group) is 1. The number of thioether (sulfide) groups is 1. The van der Waals surface area contributed by atoms with Crippen molar-refractivity contribution in [1.82, 2.24) is 9.80 Å². The van der Waals surface area contributed by atoms with Crippen LogP contribution in [0.1, 0.15) is 24.8 Å². The van der Waals surface area contributed by atoms with Gasteiger partial charge in [-0.05, 0) is 43.8 Å². The average molecular weight is 292 g/mol. The SMILES string of the molecule is CSc1ccc(CN(C)CCN2CCCCC2=O)cc1. The second-order valence-corrected chi connectivity index (χ2v) is 6.30. The molecule has 3 nitrogen and oxygen atoms in total. The minimum atomic E-state index is 0.328. The van der Waals surface area contributed by atoms with Crippen molar-refractivity contribution in [3.63, 3.8) is 0 Å². The Labute approximate surface area is 126 Å². The van der Waals surface area contributed by atoms with Crippen LogP contribution in [0.5, 0.6) is 0 Å². The quantitative estimate of drug-likeness (QED) is 0.753. The van der Waals surface area contributed by atoms with Crippen LogP contribution in [0.2, 0.25) is 0 Å². The van der Waals surface area contributed by atoms with E-state index in [1.165, 1.54) is 10.5 Å². The molecule has 20 heavy (non-hydrogen) atoms. The molecule has 1 saturated heterocycles. The van der Waals surface area contributed by atoms with E-state index >= 15 is 0 Å². The second kappa shape index (κ2) is 7.70. The third kappa shape index (κ3) is 4.53. The van der Waals surface area contributed by atoms with Crippen molar-refractivity contribution in [3.05, 3.63) is 29.8 Å². The Morgan fingerprint density at radius 3 is 2.65 bits per heavy atom. The van der Waals surface area contributed by atoms with Gasteiger partial charge in [-0.3, -0.25) is 4.79 Å². The Balaban J connectivity index is 1.76. The van der Waals surface area contributed by atoms with Crippen LogP contribution in [0.15, 0.2) is 29.2 Å². The molecular formula is C16H24N2OS. The minimum absolute atomic E-state index is 0.328. The van der Waals surface area contributed by atoms with Gasteiger partial charge in [0.1, 0.15) is 0 Å². The molecule has 0 saturated carbocycles. The van der Waals surface area contributed by atoms with Crippen LogP contribution >= 0.6 is 11.8 Å². The lowest BCUT2D eigenvalue weighted by molar-refractivity contribution is -0.133. The number of rotatable bonds is 6. The maximum atomic E-state index is 11.7. The van der Waals surface area contributed by atoms with Crippen molar-refractivity contribution in [2.75, 3.05) is 32.9 Å². The first-order valence-corrected chi connectivity index (χ1v) is 8.51. The lowest BCUT2D eigenvalue weighted by Gasteiger charge is -2.28. The van der Waals surface area contributed by atoms with Gasteiger partial charge in [0, 0.05) is 37.5 Å². The lowest BCUT2D eigenvalue weighted by atomic mass is 10.1. The molecule has 1 aromatic carbocycles. The van der Waals surface area contributed by atoms with Crippen molar-refractivity contribution in [2.45, 2.75) is 30.7 Å². The normalized spacial score (nSPS) is 15.9. The van der Waals surface area contributed by atoms with E-state index in [1.54, 1.807) is 11.8 Å². The summed E-state index contributed by atoms with van der Waals surface area (Å²) in [5.41, 5.74) is 1.33. The number of hydrogen-bond acceptors (Lipinski definition) is 3. The van der Waals surface area contributed by atoms with Crippen LogP contribution in [0.25, 0.3) is 0 Å². The number of nitrogens with zero attached hydrogens (tertiary/aromatic N) is 2. The number of benzene rings is 1. The number of amides is 1. The fourth-order valence-corrected chi connectivity index (χ4v) is 2.92. The van der Waals surface area contributed by atoms with E-state index in [0.717, 1.165) is 45.4 Å². The zero-order valence-electron chi connectivity index (χ0n) is 12.5. The first-order chi connectivity index (χ1) is 9.69. The molecule has 1 amide bonds. The highest BCUT2D eigenvalue weighted by Crippen LogP contribution is 2.15. The number of carbonyl (C=O) groups excluding carboxylic acids is 1. The zero-order chi connectivity index (χ0) is 14.4. The molecule has 0 atom stereocenters. The van der Waals surface area contributed by atoms with Gasteiger partial charge in [0.15, 0.2) is 0 Å². The monoisotopic (exact) mass is 292 g/mol. The van der Waals surface area contributed by atoms with E-state index in [4.69, 9.17) is 0 Å². The lowest BCUT2D eigenvalue weighted by Crippen LogP contribution is -2.40. The van der Waals surface area contributed by atoms with Crippen LogP contribution in [-0.2, 0) is 11.3 Å². The number of likely N-dealkylation sites (tertiary alicyclic amines) is 1. The van der Waals surface area contributed by atoms with Crippen molar-refractivity contribution < 1.29 is 4.79 Å². The van der Waals surface area contributed by atoms with E-state index in [-0.39, 0.29) is 0 Å². The Morgan fingerprint density at radius 1 is 1.25 bits per heavy atom.